The summed E-state index contributed by atoms with van der Waals surface area (Å²) in [5.74, 6) is 0.675. The number of hydrogen-bond donors (Lipinski definition) is 1. The van der Waals surface area contributed by atoms with Crippen LogP contribution in [0.15, 0.2) is 28.7 Å². The van der Waals surface area contributed by atoms with Crippen molar-refractivity contribution in [2.75, 3.05) is 5.32 Å². The number of halogens is 1. The zero-order valence-electron chi connectivity index (χ0n) is 10.8. The van der Waals surface area contributed by atoms with Crippen LogP contribution in [-0.2, 0) is 6.42 Å². The zero-order chi connectivity index (χ0) is 13.2. The molecule has 0 saturated heterocycles. The summed E-state index contributed by atoms with van der Waals surface area (Å²) < 4.78 is 1.16. The van der Waals surface area contributed by atoms with Gasteiger partial charge in [-0.15, -0.1) is 10.2 Å². The number of nitrogens with zero attached hydrogens (tertiary/aromatic N) is 2. The molecule has 5 heteroatoms. The van der Waals surface area contributed by atoms with Gasteiger partial charge < -0.3 is 5.32 Å². The molecule has 1 aromatic heterocycles. The number of hydrogen-bond acceptors (Lipinski definition) is 4. The van der Waals surface area contributed by atoms with Crippen LogP contribution >= 0.6 is 27.3 Å². The standard InChI is InChI=1S/C14H16BrN3S/c1-2-13-17-18-14(19-13)16-12-7-10(8-12)9-4-3-5-11(15)6-9/h3-6,10,12H,2,7-8H2,1H3,(H,16,18). The maximum Gasteiger partial charge on any atom is 0.205 e. The second-order valence-electron chi connectivity index (χ2n) is 4.92. The van der Waals surface area contributed by atoms with Crippen molar-refractivity contribution < 1.29 is 0 Å². The van der Waals surface area contributed by atoms with Crippen molar-refractivity contribution in [2.24, 2.45) is 0 Å². The molecule has 100 valence electrons. The lowest BCUT2D eigenvalue weighted by Gasteiger charge is -2.36. The summed E-state index contributed by atoms with van der Waals surface area (Å²) in [6.07, 6.45) is 3.32. The van der Waals surface area contributed by atoms with E-state index < -0.39 is 0 Å². The van der Waals surface area contributed by atoms with E-state index in [4.69, 9.17) is 0 Å². The Morgan fingerprint density at radius 2 is 2.21 bits per heavy atom. The Labute approximate surface area is 125 Å². The average Bonchev–Trinajstić information content (AvgIpc) is 2.81. The molecule has 19 heavy (non-hydrogen) atoms. The summed E-state index contributed by atoms with van der Waals surface area (Å²) in [6, 6.07) is 9.16. The number of anilines is 1. The fraction of sp³-hybridized carbons (Fsp3) is 0.429. The number of aryl methyl sites for hydroxylation is 1. The highest BCUT2D eigenvalue weighted by Gasteiger charge is 2.30. The molecular formula is C14H16BrN3S. The monoisotopic (exact) mass is 337 g/mol. The van der Waals surface area contributed by atoms with E-state index in [0.717, 1.165) is 21.0 Å². The van der Waals surface area contributed by atoms with Crippen LogP contribution in [0.3, 0.4) is 0 Å². The Hall–Kier alpha value is -0.940. The van der Waals surface area contributed by atoms with Crippen molar-refractivity contribution >= 4 is 32.4 Å². The van der Waals surface area contributed by atoms with Gasteiger partial charge >= 0.3 is 0 Å². The first-order chi connectivity index (χ1) is 9.24. The molecule has 3 rings (SSSR count). The number of benzene rings is 1. The van der Waals surface area contributed by atoms with Gasteiger partial charge in [-0.05, 0) is 42.9 Å². The van der Waals surface area contributed by atoms with Crippen LogP contribution < -0.4 is 5.32 Å². The van der Waals surface area contributed by atoms with Crippen molar-refractivity contribution in [3.63, 3.8) is 0 Å². The van der Waals surface area contributed by atoms with Gasteiger partial charge in [0.1, 0.15) is 5.01 Å². The summed E-state index contributed by atoms with van der Waals surface area (Å²) in [6.45, 7) is 2.11. The van der Waals surface area contributed by atoms with Crippen LogP contribution in [0.5, 0.6) is 0 Å². The van der Waals surface area contributed by atoms with Crippen LogP contribution in [0, 0.1) is 0 Å². The van der Waals surface area contributed by atoms with Crippen molar-refractivity contribution in [1.82, 2.24) is 10.2 Å². The number of nitrogens with one attached hydrogen (secondary N) is 1. The lowest BCUT2D eigenvalue weighted by atomic mass is 9.76. The fourth-order valence-electron chi connectivity index (χ4n) is 2.40. The molecule has 0 unspecified atom stereocenters. The maximum absolute atomic E-state index is 4.17. The first-order valence-corrected chi connectivity index (χ1v) is 8.20. The molecule has 1 aliphatic carbocycles. The van der Waals surface area contributed by atoms with E-state index in [2.05, 4.69) is 62.6 Å². The third kappa shape index (κ3) is 2.98. The topological polar surface area (TPSA) is 37.8 Å². The molecule has 1 N–H and O–H groups in total. The SMILES string of the molecule is CCc1nnc(NC2CC(c3cccc(Br)c3)C2)s1. The molecule has 0 bridgehead atoms. The van der Waals surface area contributed by atoms with Gasteiger partial charge in [0.2, 0.25) is 5.13 Å². The molecule has 2 aromatic rings. The van der Waals surface area contributed by atoms with Crippen LogP contribution in [0.1, 0.15) is 36.3 Å². The van der Waals surface area contributed by atoms with Crippen molar-refractivity contribution in [1.29, 1.82) is 0 Å². The minimum atomic E-state index is 0.543. The van der Waals surface area contributed by atoms with Crippen molar-refractivity contribution in [2.45, 2.75) is 38.1 Å². The summed E-state index contributed by atoms with van der Waals surface area (Å²) in [7, 11) is 0. The molecule has 1 aliphatic rings. The Kier molecular flexibility index (Phi) is 3.84. The highest BCUT2D eigenvalue weighted by atomic mass is 79.9. The zero-order valence-corrected chi connectivity index (χ0v) is 13.2. The van der Waals surface area contributed by atoms with Crippen LogP contribution in [0.4, 0.5) is 5.13 Å². The molecule has 0 radical (unpaired) electrons. The van der Waals surface area contributed by atoms with E-state index >= 15 is 0 Å². The van der Waals surface area contributed by atoms with Gasteiger partial charge in [-0.2, -0.15) is 0 Å². The summed E-state index contributed by atoms with van der Waals surface area (Å²) >= 11 is 5.20. The molecule has 1 aromatic carbocycles. The Morgan fingerprint density at radius 1 is 1.37 bits per heavy atom. The molecule has 1 saturated carbocycles. The minimum absolute atomic E-state index is 0.543. The third-order valence-electron chi connectivity index (χ3n) is 3.56. The van der Waals surface area contributed by atoms with Gasteiger partial charge in [-0.3, -0.25) is 0 Å². The van der Waals surface area contributed by atoms with E-state index in [-0.39, 0.29) is 0 Å². The first-order valence-electron chi connectivity index (χ1n) is 6.59. The molecule has 3 nitrogen and oxygen atoms in total. The van der Waals surface area contributed by atoms with Gasteiger partial charge in [0.25, 0.3) is 0 Å². The van der Waals surface area contributed by atoms with Gasteiger partial charge in [0, 0.05) is 10.5 Å². The highest BCUT2D eigenvalue weighted by Crippen LogP contribution is 2.39. The Bertz CT molecular complexity index is 563. The Balaban J connectivity index is 1.55. The van der Waals surface area contributed by atoms with Crippen molar-refractivity contribution in [3.8, 4) is 0 Å². The Morgan fingerprint density at radius 3 is 2.89 bits per heavy atom. The van der Waals surface area contributed by atoms with E-state index in [0.29, 0.717) is 12.0 Å². The molecule has 1 heterocycles. The molecule has 0 atom stereocenters. The van der Waals surface area contributed by atoms with Gasteiger partial charge in [0.05, 0.1) is 0 Å². The highest BCUT2D eigenvalue weighted by molar-refractivity contribution is 9.10. The smallest absolute Gasteiger partial charge is 0.205 e. The van der Waals surface area contributed by atoms with Crippen LogP contribution in [0.2, 0.25) is 0 Å². The second-order valence-corrected chi connectivity index (χ2v) is 6.90. The lowest BCUT2D eigenvalue weighted by Crippen LogP contribution is -2.33. The molecule has 0 aliphatic heterocycles. The van der Waals surface area contributed by atoms with Crippen molar-refractivity contribution in [3.05, 3.63) is 39.3 Å². The van der Waals surface area contributed by atoms with E-state index in [9.17, 15) is 0 Å². The van der Waals surface area contributed by atoms with Gasteiger partial charge in [-0.1, -0.05) is 46.3 Å². The predicted octanol–water partition coefficient (Wildman–Crippen LogP) is 4.22. The molecule has 1 fully saturated rings. The van der Waals surface area contributed by atoms with Crippen LogP contribution in [-0.4, -0.2) is 16.2 Å². The van der Waals surface area contributed by atoms with Crippen LogP contribution in [0.25, 0.3) is 0 Å². The van der Waals surface area contributed by atoms with Gasteiger partial charge in [-0.25, -0.2) is 0 Å². The largest absolute Gasteiger partial charge is 0.357 e. The number of aromatic nitrogens is 2. The van der Waals surface area contributed by atoms with E-state index in [1.165, 1.54) is 18.4 Å². The van der Waals surface area contributed by atoms with E-state index in [1.807, 2.05) is 0 Å². The average molecular weight is 338 g/mol. The lowest BCUT2D eigenvalue weighted by molar-refractivity contribution is 0.374. The fourth-order valence-corrected chi connectivity index (χ4v) is 3.57. The molecule has 0 spiro atoms. The minimum Gasteiger partial charge on any atom is -0.357 e. The summed E-state index contributed by atoms with van der Waals surface area (Å²) in [5, 5.41) is 13.9. The van der Waals surface area contributed by atoms with E-state index in [1.54, 1.807) is 11.3 Å². The maximum atomic E-state index is 4.17. The predicted molar refractivity (Wildman–Crippen MR) is 82.8 cm³/mol. The summed E-state index contributed by atoms with van der Waals surface area (Å²) in [5.41, 5.74) is 1.43. The summed E-state index contributed by atoms with van der Waals surface area (Å²) in [4.78, 5) is 0. The second kappa shape index (κ2) is 5.59. The normalized spacial score (nSPS) is 22.0. The quantitative estimate of drug-likeness (QED) is 0.907. The molecular weight excluding hydrogens is 322 g/mol. The molecule has 0 amide bonds. The first kappa shape index (κ1) is 13.1. The third-order valence-corrected chi connectivity index (χ3v) is 5.05. The number of rotatable bonds is 4. The van der Waals surface area contributed by atoms with Gasteiger partial charge in [0.15, 0.2) is 0 Å².